The molecule has 0 saturated heterocycles. The molecule has 3 rings (SSSR count). The van der Waals surface area contributed by atoms with Crippen molar-refractivity contribution in [3.63, 3.8) is 0 Å². The summed E-state index contributed by atoms with van der Waals surface area (Å²) in [7, 11) is 0. The number of anilines is 1. The van der Waals surface area contributed by atoms with E-state index in [1.54, 1.807) is 12.3 Å². The number of allylic oxidation sites excluding steroid dienone is 1. The average molecular weight is 395 g/mol. The summed E-state index contributed by atoms with van der Waals surface area (Å²) in [5, 5.41) is 3.09. The minimum atomic E-state index is -0.0305. The molecule has 25 heavy (non-hydrogen) atoms. The van der Waals surface area contributed by atoms with Gasteiger partial charge in [0, 0.05) is 45.1 Å². The zero-order valence-electron chi connectivity index (χ0n) is 14.2. The van der Waals surface area contributed by atoms with Crippen LogP contribution in [0, 0.1) is 13.8 Å². The van der Waals surface area contributed by atoms with Crippen LogP contribution in [-0.2, 0) is 0 Å². The molecule has 3 nitrogen and oxygen atoms in total. The second-order valence-electron chi connectivity index (χ2n) is 5.85. The van der Waals surface area contributed by atoms with Crippen molar-refractivity contribution < 1.29 is 4.79 Å². The number of carbonyl (C=O) groups is 1. The van der Waals surface area contributed by atoms with Crippen LogP contribution in [0.4, 0.5) is 5.69 Å². The van der Waals surface area contributed by atoms with E-state index in [0.717, 1.165) is 15.8 Å². The molecule has 126 valence electrons. The maximum atomic E-state index is 12.3. The molecule has 2 aromatic carbocycles. The Labute approximate surface area is 156 Å². The zero-order valence-corrected chi connectivity index (χ0v) is 15.7. The van der Waals surface area contributed by atoms with Gasteiger partial charge in [-0.15, -0.1) is 0 Å². The lowest BCUT2D eigenvalue weighted by Gasteiger charge is -2.09. The number of nitrogens with one attached hydrogen (secondary N) is 1. The Hall–Kier alpha value is -2.59. The molecule has 0 aliphatic carbocycles. The normalized spacial score (nSPS) is 11.0. The number of aromatic nitrogens is 1. The smallest absolute Gasteiger partial charge is 0.187 e. The molecule has 0 unspecified atom stereocenters. The van der Waals surface area contributed by atoms with Gasteiger partial charge >= 0.3 is 0 Å². The van der Waals surface area contributed by atoms with E-state index in [4.69, 9.17) is 0 Å². The molecule has 1 aromatic heterocycles. The van der Waals surface area contributed by atoms with E-state index < -0.39 is 0 Å². The third kappa shape index (κ3) is 4.09. The standard InChI is InChI=1S/C21H19BrN2O/c1-15-3-4-16(2)24(15)20-11-5-17(6-12-20)21(25)13-14-23-19-9-7-18(22)8-10-19/h3-14,23H,1-2H3. The number of carbonyl (C=O) groups excluding carboxylic acids is 1. The summed E-state index contributed by atoms with van der Waals surface area (Å²) in [4.78, 5) is 12.3. The van der Waals surface area contributed by atoms with Crippen molar-refractivity contribution in [2.75, 3.05) is 5.32 Å². The quantitative estimate of drug-likeness (QED) is 0.447. The number of hydrogen-bond acceptors (Lipinski definition) is 2. The molecular formula is C21H19BrN2O. The maximum Gasteiger partial charge on any atom is 0.187 e. The Morgan fingerprint density at radius 3 is 2.12 bits per heavy atom. The Kier molecular flexibility index (Phi) is 5.19. The second kappa shape index (κ2) is 7.53. The first-order chi connectivity index (χ1) is 12.0. The summed E-state index contributed by atoms with van der Waals surface area (Å²) >= 11 is 3.39. The van der Waals surface area contributed by atoms with Crippen LogP contribution in [0.15, 0.2) is 77.4 Å². The number of hydrogen-bond donors (Lipinski definition) is 1. The van der Waals surface area contributed by atoms with Crippen molar-refractivity contribution in [3.8, 4) is 5.69 Å². The molecule has 0 atom stereocenters. The van der Waals surface area contributed by atoms with E-state index in [9.17, 15) is 4.79 Å². The zero-order chi connectivity index (χ0) is 17.8. The summed E-state index contributed by atoms with van der Waals surface area (Å²) in [5.41, 5.74) is 5.01. The molecule has 1 heterocycles. The number of nitrogens with zero attached hydrogens (tertiary/aromatic N) is 1. The van der Waals surface area contributed by atoms with Crippen molar-refractivity contribution >= 4 is 27.4 Å². The van der Waals surface area contributed by atoms with Gasteiger partial charge in [-0.1, -0.05) is 15.9 Å². The van der Waals surface area contributed by atoms with Gasteiger partial charge in [0.25, 0.3) is 0 Å². The molecule has 1 N–H and O–H groups in total. The van der Waals surface area contributed by atoms with Crippen molar-refractivity contribution in [1.29, 1.82) is 0 Å². The van der Waals surface area contributed by atoms with Gasteiger partial charge in [-0.05, 0) is 74.5 Å². The molecule has 0 amide bonds. The van der Waals surface area contributed by atoms with Crippen LogP contribution in [0.3, 0.4) is 0 Å². The first kappa shape index (κ1) is 17.2. The maximum absolute atomic E-state index is 12.3. The van der Waals surface area contributed by atoms with Crippen LogP contribution in [0.5, 0.6) is 0 Å². The topological polar surface area (TPSA) is 34.0 Å². The van der Waals surface area contributed by atoms with Crippen molar-refractivity contribution in [2.24, 2.45) is 0 Å². The van der Waals surface area contributed by atoms with Gasteiger partial charge in [-0.3, -0.25) is 4.79 Å². The highest BCUT2D eigenvalue weighted by molar-refractivity contribution is 9.10. The summed E-state index contributed by atoms with van der Waals surface area (Å²) in [6, 6.07) is 19.6. The fourth-order valence-electron chi connectivity index (χ4n) is 2.71. The monoisotopic (exact) mass is 394 g/mol. The summed E-state index contributed by atoms with van der Waals surface area (Å²) in [6.07, 6.45) is 3.21. The van der Waals surface area contributed by atoms with Crippen LogP contribution in [0.2, 0.25) is 0 Å². The largest absolute Gasteiger partial charge is 0.362 e. The Morgan fingerprint density at radius 1 is 0.920 bits per heavy atom. The fraction of sp³-hybridized carbons (Fsp3) is 0.0952. The molecule has 0 fully saturated rings. The van der Waals surface area contributed by atoms with Gasteiger partial charge in [-0.25, -0.2) is 0 Å². The predicted octanol–water partition coefficient (Wildman–Crippen LogP) is 5.67. The first-order valence-electron chi connectivity index (χ1n) is 8.03. The molecule has 0 radical (unpaired) electrons. The molecular weight excluding hydrogens is 376 g/mol. The van der Waals surface area contributed by atoms with E-state index >= 15 is 0 Å². The number of halogens is 1. The van der Waals surface area contributed by atoms with Crippen LogP contribution in [-0.4, -0.2) is 10.4 Å². The lowest BCUT2D eigenvalue weighted by Crippen LogP contribution is -2.00. The molecule has 0 aliphatic heterocycles. The fourth-order valence-corrected chi connectivity index (χ4v) is 2.97. The summed E-state index contributed by atoms with van der Waals surface area (Å²) < 4.78 is 3.19. The SMILES string of the molecule is Cc1ccc(C)n1-c1ccc(C(=O)C=CNc2ccc(Br)cc2)cc1. The van der Waals surface area contributed by atoms with E-state index in [0.29, 0.717) is 5.56 Å². The highest BCUT2D eigenvalue weighted by Crippen LogP contribution is 2.17. The Balaban J connectivity index is 1.68. The third-order valence-corrected chi connectivity index (χ3v) is 4.54. The van der Waals surface area contributed by atoms with Crippen LogP contribution in [0.1, 0.15) is 21.7 Å². The van der Waals surface area contributed by atoms with Gasteiger partial charge in [0.15, 0.2) is 5.78 Å². The number of ketones is 1. The average Bonchev–Trinajstić information content (AvgIpc) is 2.95. The molecule has 0 bridgehead atoms. The summed E-state index contributed by atoms with van der Waals surface area (Å²) in [6.45, 7) is 4.14. The number of aryl methyl sites for hydroxylation is 2. The van der Waals surface area contributed by atoms with Crippen molar-refractivity contribution in [1.82, 2.24) is 4.57 Å². The Morgan fingerprint density at radius 2 is 1.52 bits per heavy atom. The van der Waals surface area contributed by atoms with Gasteiger partial charge < -0.3 is 9.88 Å². The van der Waals surface area contributed by atoms with Gasteiger partial charge in [0.2, 0.25) is 0 Å². The lowest BCUT2D eigenvalue weighted by atomic mass is 10.1. The van der Waals surface area contributed by atoms with Crippen LogP contribution in [0.25, 0.3) is 5.69 Å². The van der Waals surface area contributed by atoms with Gasteiger partial charge in [0.05, 0.1) is 0 Å². The van der Waals surface area contributed by atoms with E-state index in [1.807, 2.05) is 48.5 Å². The van der Waals surface area contributed by atoms with E-state index in [-0.39, 0.29) is 5.78 Å². The predicted molar refractivity (Wildman–Crippen MR) is 106 cm³/mol. The molecule has 0 aliphatic rings. The number of rotatable bonds is 5. The van der Waals surface area contributed by atoms with Gasteiger partial charge in [-0.2, -0.15) is 0 Å². The Bertz CT molecular complexity index is 887. The summed E-state index contributed by atoms with van der Waals surface area (Å²) in [5.74, 6) is -0.0305. The third-order valence-electron chi connectivity index (χ3n) is 4.01. The minimum Gasteiger partial charge on any atom is -0.362 e. The second-order valence-corrected chi connectivity index (χ2v) is 6.76. The van der Waals surface area contributed by atoms with E-state index in [2.05, 4.69) is 51.8 Å². The number of benzene rings is 2. The van der Waals surface area contributed by atoms with E-state index in [1.165, 1.54) is 11.4 Å². The first-order valence-corrected chi connectivity index (χ1v) is 8.82. The van der Waals surface area contributed by atoms with Crippen LogP contribution >= 0.6 is 15.9 Å². The molecule has 0 saturated carbocycles. The lowest BCUT2D eigenvalue weighted by molar-refractivity contribution is 0.104. The van der Waals surface area contributed by atoms with Crippen LogP contribution < -0.4 is 5.32 Å². The highest BCUT2D eigenvalue weighted by atomic mass is 79.9. The van der Waals surface area contributed by atoms with Gasteiger partial charge in [0.1, 0.15) is 0 Å². The molecule has 0 spiro atoms. The van der Waals surface area contributed by atoms with Crippen molar-refractivity contribution in [3.05, 3.63) is 94.4 Å². The minimum absolute atomic E-state index is 0.0305. The van der Waals surface area contributed by atoms with Crippen molar-refractivity contribution in [2.45, 2.75) is 13.8 Å². The molecule has 3 aromatic rings. The highest BCUT2D eigenvalue weighted by Gasteiger charge is 2.06. The molecule has 4 heteroatoms.